The van der Waals surface area contributed by atoms with Gasteiger partial charge in [-0.1, -0.05) is 25.7 Å². The Balaban J connectivity index is 1.62. The van der Waals surface area contributed by atoms with Crippen LogP contribution in [0.4, 0.5) is 10.5 Å². The van der Waals surface area contributed by atoms with Crippen LogP contribution in [0.25, 0.3) is 0 Å². The maximum absolute atomic E-state index is 12.8. The lowest BCUT2D eigenvalue weighted by Gasteiger charge is -2.24. The van der Waals surface area contributed by atoms with Crippen LogP contribution in [0.1, 0.15) is 48.9 Å². The van der Waals surface area contributed by atoms with Crippen LogP contribution >= 0.6 is 0 Å². The molecule has 3 rings (SSSR count). The highest BCUT2D eigenvalue weighted by Crippen LogP contribution is 2.32. The van der Waals surface area contributed by atoms with Gasteiger partial charge in [-0.25, -0.2) is 4.79 Å². The van der Waals surface area contributed by atoms with Gasteiger partial charge in [0.1, 0.15) is 12.1 Å². The number of hydrogen-bond acceptors (Lipinski definition) is 4. The summed E-state index contributed by atoms with van der Waals surface area (Å²) in [5, 5.41) is 5.50. The first-order chi connectivity index (χ1) is 13.3. The van der Waals surface area contributed by atoms with Crippen molar-refractivity contribution in [3.05, 3.63) is 29.8 Å². The zero-order valence-electron chi connectivity index (χ0n) is 16.3. The van der Waals surface area contributed by atoms with Gasteiger partial charge in [0.2, 0.25) is 5.91 Å². The van der Waals surface area contributed by atoms with E-state index in [1.54, 1.807) is 38.4 Å². The first kappa shape index (κ1) is 19.9. The number of nitrogens with one attached hydrogen (secondary N) is 2. The number of rotatable bonds is 4. The average molecular weight is 386 g/mol. The Kier molecular flexibility index (Phi) is 5.67. The lowest BCUT2D eigenvalue weighted by Crippen LogP contribution is -2.47. The summed E-state index contributed by atoms with van der Waals surface area (Å²) in [6.07, 6.45) is 5.14. The monoisotopic (exact) mass is 386 g/mol. The van der Waals surface area contributed by atoms with Crippen molar-refractivity contribution < 1.29 is 19.2 Å². The van der Waals surface area contributed by atoms with Gasteiger partial charge in [0.05, 0.1) is 0 Å². The Labute approximate surface area is 164 Å². The zero-order chi connectivity index (χ0) is 20.3. The van der Waals surface area contributed by atoms with Gasteiger partial charge in [-0.15, -0.1) is 0 Å². The van der Waals surface area contributed by atoms with Crippen molar-refractivity contribution in [2.24, 2.45) is 0 Å². The molecule has 0 atom stereocenters. The van der Waals surface area contributed by atoms with Crippen LogP contribution in [-0.2, 0) is 9.59 Å². The van der Waals surface area contributed by atoms with Crippen molar-refractivity contribution in [1.82, 2.24) is 15.1 Å². The molecule has 2 fully saturated rings. The van der Waals surface area contributed by atoms with Crippen molar-refractivity contribution in [1.29, 1.82) is 0 Å². The molecule has 5 amide bonds. The third-order valence-corrected chi connectivity index (χ3v) is 5.33. The first-order valence-electron chi connectivity index (χ1n) is 9.58. The largest absolute Gasteiger partial charge is 0.345 e. The zero-order valence-corrected chi connectivity index (χ0v) is 16.3. The second-order valence-corrected chi connectivity index (χ2v) is 7.64. The van der Waals surface area contributed by atoms with Crippen molar-refractivity contribution >= 4 is 29.4 Å². The molecule has 1 spiro atoms. The fourth-order valence-electron chi connectivity index (χ4n) is 3.79. The molecule has 1 aromatic carbocycles. The lowest BCUT2D eigenvalue weighted by molar-refractivity contribution is -0.134. The minimum Gasteiger partial charge on any atom is -0.345 e. The average Bonchev–Trinajstić information content (AvgIpc) is 2.83. The molecule has 8 nitrogen and oxygen atoms in total. The van der Waals surface area contributed by atoms with Gasteiger partial charge in [0.25, 0.3) is 11.8 Å². The van der Waals surface area contributed by atoms with Crippen LogP contribution in [0.3, 0.4) is 0 Å². The molecular weight excluding hydrogens is 360 g/mol. The third-order valence-electron chi connectivity index (χ3n) is 5.33. The lowest BCUT2D eigenvalue weighted by atomic mass is 9.90. The van der Waals surface area contributed by atoms with Crippen LogP contribution in [-0.4, -0.2) is 59.7 Å². The summed E-state index contributed by atoms with van der Waals surface area (Å²) >= 11 is 0. The molecule has 1 aliphatic carbocycles. The molecule has 2 aliphatic rings. The van der Waals surface area contributed by atoms with Crippen LogP contribution in [0.5, 0.6) is 0 Å². The summed E-state index contributed by atoms with van der Waals surface area (Å²) in [7, 11) is 3.33. The van der Waals surface area contributed by atoms with Gasteiger partial charge < -0.3 is 15.5 Å². The molecule has 1 aromatic rings. The molecule has 1 aliphatic heterocycles. The molecule has 0 aromatic heterocycles. The molecule has 0 radical (unpaired) electrons. The van der Waals surface area contributed by atoms with Gasteiger partial charge in [0, 0.05) is 25.3 Å². The van der Waals surface area contributed by atoms with Gasteiger partial charge in [-0.2, -0.15) is 0 Å². The minimum absolute atomic E-state index is 0.133. The van der Waals surface area contributed by atoms with Gasteiger partial charge in [0.15, 0.2) is 0 Å². The number of anilines is 1. The Morgan fingerprint density at radius 3 is 2.25 bits per heavy atom. The summed E-state index contributed by atoms with van der Waals surface area (Å²) in [6, 6.07) is 5.97. The minimum atomic E-state index is -0.845. The summed E-state index contributed by atoms with van der Waals surface area (Å²) < 4.78 is 0. The molecule has 1 saturated heterocycles. The molecule has 150 valence electrons. The fourth-order valence-corrected chi connectivity index (χ4v) is 3.79. The molecule has 2 N–H and O–H groups in total. The predicted molar refractivity (Wildman–Crippen MR) is 104 cm³/mol. The summed E-state index contributed by atoms with van der Waals surface area (Å²) in [5.74, 6) is -0.895. The van der Waals surface area contributed by atoms with Gasteiger partial charge in [-0.05, 0) is 37.1 Å². The topological polar surface area (TPSA) is 98.8 Å². The smallest absolute Gasteiger partial charge is 0.325 e. The van der Waals surface area contributed by atoms with Crippen LogP contribution in [0, 0.1) is 0 Å². The Bertz CT molecular complexity index is 780. The molecule has 8 heteroatoms. The summed E-state index contributed by atoms with van der Waals surface area (Å²) in [5.41, 5.74) is 0.158. The van der Waals surface area contributed by atoms with Crippen LogP contribution in [0.2, 0.25) is 0 Å². The standard InChI is InChI=1S/C20H26N4O4/c1-23(2)17(26)14-7-9-15(10-8-14)21-16(25)13-24-18(27)20(22-19(24)28)11-5-3-4-6-12-20/h7-10H,3-6,11-13H2,1-2H3,(H,21,25)(H,22,28). The third kappa shape index (κ3) is 4.00. The number of urea groups is 1. The molecule has 1 heterocycles. The molecule has 0 bridgehead atoms. The number of nitrogens with zero attached hydrogens (tertiary/aromatic N) is 2. The van der Waals surface area contributed by atoms with Crippen molar-refractivity contribution in [2.45, 2.75) is 44.1 Å². The van der Waals surface area contributed by atoms with E-state index in [9.17, 15) is 19.2 Å². The number of amides is 5. The fraction of sp³-hybridized carbons (Fsp3) is 0.500. The second kappa shape index (κ2) is 8.00. The van der Waals surface area contributed by atoms with E-state index in [-0.39, 0.29) is 18.4 Å². The van der Waals surface area contributed by atoms with Gasteiger partial charge in [-0.3, -0.25) is 19.3 Å². The molecular formula is C20H26N4O4. The van der Waals surface area contributed by atoms with E-state index in [0.29, 0.717) is 24.1 Å². The Morgan fingerprint density at radius 1 is 1.07 bits per heavy atom. The number of hydrogen-bond donors (Lipinski definition) is 2. The van der Waals surface area contributed by atoms with Crippen LogP contribution < -0.4 is 10.6 Å². The van der Waals surface area contributed by atoms with Gasteiger partial charge >= 0.3 is 6.03 Å². The maximum Gasteiger partial charge on any atom is 0.325 e. The van der Waals surface area contributed by atoms with Crippen molar-refractivity contribution in [3.63, 3.8) is 0 Å². The van der Waals surface area contributed by atoms with Crippen molar-refractivity contribution in [2.75, 3.05) is 26.0 Å². The van der Waals surface area contributed by atoms with E-state index in [4.69, 9.17) is 0 Å². The van der Waals surface area contributed by atoms with E-state index >= 15 is 0 Å². The summed E-state index contributed by atoms with van der Waals surface area (Å²) in [6.45, 7) is -0.329. The van der Waals surface area contributed by atoms with E-state index in [0.717, 1.165) is 30.6 Å². The number of imide groups is 1. The summed E-state index contributed by atoms with van der Waals surface area (Å²) in [4.78, 5) is 51.9. The molecule has 28 heavy (non-hydrogen) atoms. The highest BCUT2D eigenvalue weighted by atomic mass is 16.2. The van der Waals surface area contributed by atoms with E-state index in [2.05, 4.69) is 10.6 Å². The van der Waals surface area contributed by atoms with E-state index in [1.165, 1.54) is 4.90 Å². The van der Waals surface area contributed by atoms with E-state index in [1.807, 2.05) is 0 Å². The first-order valence-corrected chi connectivity index (χ1v) is 9.58. The normalized spacial score (nSPS) is 18.6. The highest BCUT2D eigenvalue weighted by Gasteiger charge is 2.51. The Morgan fingerprint density at radius 2 is 1.68 bits per heavy atom. The van der Waals surface area contributed by atoms with E-state index < -0.39 is 17.5 Å². The number of carbonyl (C=O) groups excluding carboxylic acids is 4. The predicted octanol–water partition coefficient (Wildman–Crippen LogP) is 1.97. The van der Waals surface area contributed by atoms with Crippen molar-refractivity contribution in [3.8, 4) is 0 Å². The molecule has 0 unspecified atom stereocenters. The number of carbonyl (C=O) groups is 4. The SMILES string of the molecule is CN(C)C(=O)c1ccc(NC(=O)CN2C(=O)NC3(CCCCCC3)C2=O)cc1. The molecule has 1 saturated carbocycles. The second-order valence-electron chi connectivity index (χ2n) is 7.64. The number of benzene rings is 1. The maximum atomic E-state index is 12.8. The quantitative estimate of drug-likeness (QED) is 0.773. The Hall–Kier alpha value is -2.90. The van der Waals surface area contributed by atoms with Crippen LogP contribution in [0.15, 0.2) is 24.3 Å². The highest BCUT2D eigenvalue weighted by molar-refractivity contribution is 6.10.